The predicted molar refractivity (Wildman–Crippen MR) is 102 cm³/mol. The molecule has 2 aromatic carbocycles. The number of hydrogen-bond acceptors (Lipinski definition) is 3. The molecule has 4 nitrogen and oxygen atoms in total. The normalized spacial score (nSPS) is 12.2. The van der Waals surface area contributed by atoms with Crippen LogP contribution in [0.1, 0.15) is 50.0 Å². The summed E-state index contributed by atoms with van der Waals surface area (Å²) >= 11 is 0. The predicted octanol–water partition coefficient (Wildman–Crippen LogP) is 4.12. The largest absolute Gasteiger partial charge is 0.295 e. The lowest BCUT2D eigenvalue weighted by Crippen LogP contribution is -2.39. The van der Waals surface area contributed by atoms with Gasteiger partial charge in [-0.1, -0.05) is 49.4 Å². The Morgan fingerprint density at radius 1 is 1.04 bits per heavy atom. The summed E-state index contributed by atoms with van der Waals surface area (Å²) in [7, 11) is -3.47. The third-order valence-electron chi connectivity index (χ3n) is 4.40. The first-order valence-corrected chi connectivity index (χ1v) is 9.88. The second-order valence-corrected chi connectivity index (χ2v) is 8.94. The molecule has 0 heterocycles. The minimum atomic E-state index is -3.47. The van der Waals surface area contributed by atoms with Crippen molar-refractivity contribution in [3.8, 4) is 11.1 Å². The highest BCUT2D eigenvalue weighted by Gasteiger charge is 2.35. The number of carbonyl (C=O) groups excluding carboxylic acids is 1. The summed E-state index contributed by atoms with van der Waals surface area (Å²) in [5, 5.41) is 0. The molecular formula is C20H25NO3S. The highest BCUT2D eigenvalue weighted by atomic mass is 32.2. The molecule has 0 saturated heterocycles. The second kappa shape index (κ2) is 7.50. The van der Waals surface area contributed by atoms with Gasteiger partial charge in [-0.3, -0.25) is 4.79 Å². The van der Waals surface area contributed by atoms with Gasteiger partial charge in [0.05, 0.1) is 0 Å². The maximum absolute atomic E-state index is 12.5. The molecule has 5 heteroatoms. The Balaban J connectivity index is 2.33. The molecule has 0 aromatic heterocycles. The van der Waals surface area contributed by atoms with Crippen molar-refractivity contribution >= 4 is 15.8 Å². The van der Waals surface area contributed by atoms with Crippen LogP contribution in [-0.2, 0) is 14.8 Å². The molecule has 0 radical (unpaired) electrons. The lowest BCUT2D eigenvalue weighted by atomic mass is 9.97. The van der Waals surface area contributed by atoms with Gasteiger partial charge in [0.25, 0.3) is 0 Å². The van der Waals surface area contributed by atoms with Crippen molar-refractivity contribution in [3.63, 3.8) is 0 Å². The molecule has 2 rings (SSSR count). The van der Waals surface area contributed by atoms with Gasteiger partial charge in [0.1, 0.15) is 4.75 Å². The van der Waals surface area contributed by atoms with E-state index in [1.54, 1.807) is 26.8 Å². The topological polar surface area (TPSA) is 63.2 Å². The molecule has 0 aliphatic carbocycles. The Bertz CT molecular complexity index is 853. The van der Waals surface area contributed by atoms with Crippen LogP contribution >= 0.6 is 0 Å². The van der Waals surface area contributed by atoms with E-state index < -0.39 is 14.8 Å². The van der Waals surface area contributed by atoms with E-state index in [0.29, 0.717) is 12.1 Å². The van der Waals surface area contributed by atoms with Gasteiger partial charge in [-0.05, 0) is 49.9 Å². The molecule has 0 aliphatic rings. The van der Waals surface area contributed by atoms with E-state index in [1.165, 1.54) is 0 Å². The molecule has 0 bridgehead atoms. The van der Waals surface area contributed by atoms with E-state index in [-0.39, 0.29) is 5.78 Å². The highest BCUT2D eigenvalue weighted by molar-refractivity contribution is 7.90. The van der Waals surface area contributed by atoms with E-state index in [4.69, 9.17) is 0 Å². The molecule has 0 spiro atoms. The van der Waals surface area contributed by atoms with Crippen LogP contribution in [0.15, 0.2) is 48.5 Å². The van der Waals surface area contributed by atoms with Gasteiger partial charge in [-0.2, -0.15) is 0 Å². The SMILES string of the molecule is CCCNS(=O)(=O)C(C)(C)c1ccc(-c2cccc(C(C)=O)c2)cc1. The Morgan fingerprint density at radius 2 is 1.68 bits per heavy atom. The lowest BCUT2D eigenvalue weighted by molar-refractivity contribution is 0.101. The third kappa shape index (κ3) is 4.17. The van der Waals surface area contributed by atoms with Gasteiger partial charge in [-0.15, -0.1) is 0 Å². The molecule has 0 unspecified atom stereocenters. The number of ketones is 1. The van der Waals surface area contributed by atoms with Gasteiger partial charge in [0, 0.05) is 12.1 Å². The van der Waals surface area contributed by atoms with Crippen LogP contribution in [-0.4, -0.2) is 20.7 Å². The Morgan fingerprint density at radius 3 is 2.24 bits per heavy atom. The molecule has 0 aliphatic heterocycles. The zero-order valence-electron chi connectivity index (χ0n) is 15.2. The van der Waals surface area contributed by atoms with Crippen LogP contribution in [0.3, 0.4) is 0 Å². The molecular weight excluding hydrogens is 334 g/mol. The quantitative estimate of drug-likeness (QED) is 0.756. The zero-order chi connectivity index (χ0) is 18.7. The number of nitrogens with one attached hydrogen (secondary N) is 1. The van der Waals surface area contributed by atoms with Crippen molar-refractivity contribution < 1.29 is 13.2 Å². The fourth-order valence-electron chi connectivity index (χ4n) is 2.55. The van der Waals surface area contributed by atoms with Crippen LogP contribution in [0.2, 0.25) is 0 Å². The maximum atomic E-state index is 12.5. The summed E-state index contributed by atoms with van der Waals surface area (Å²) in [6.45, 7) is 7.31. The summed E-state index contributed by atoms with van der Waals surface area (Å²) in [6.07, 6.45) is 0.751. The van der Waals surface area contributed by atoms with Crippen molar-refractivity contribution in [3.05, 3.63) is 59.7 Å². The van der Waals surface area contributed by atoms with Crippen molar-refractivity contribution in [2.24, 2.45) is 0 Å². The minimum Gasteiger partial charge on any atom is -0.295 e. The van der Waals surface area contributed by atoms with E-state index >= 15 is 0 Å². The van der Waals surface area contributed by atoms with E-state index in [0.717, 1.165) is 23.1 Å². The maximum Gasteiger partial charge on any atom is 0.221 e. The van der Waals surface area contributed by atoms with Gasteiger partial charge < -0.3 is 0 Å². The minimum absolute atomic E-state index is 0.0210. The average Bonchev–Trinajstić information content (AvgIpc) is 2.60. The molecule has 0 saturated carbocycles. The fraction of sp³-hybridized carbons (Fsp3) is 0.350. The Hall–Kier alpha value is -1.98. The molecule has 0 atom stereocenters. The number of Topliss-reactive ketones (excluding diaryl/α,β-unsaturated/α-hetero) is 1. The monoisotopic (exact) mass is 359 g/mol. The standard InChI is InChI=1S/C20H25NO3S/c1-5-13-21-25(23,24)20(3,4)19-11-9-16(10-12-19)18-8-6-7-17(14-18)15(2)22/h6-12,14,21H,5,13H2,1-4H3. The summed E-state index contributed by atoms with van der Waals surface area (Å²) < 4.78 is 26.7. The van der Waals surface area contributed by atoms with Gasteiger partial charge >= 0.3 is 0 Å². The van der Waals surface area contributed by atoms with Crippen molar-refractivity contribution in [1.29, 1.82) is 0 Å². The number of carbonyl (C=O) groups is 1. The van der Waals surface area contributed by atoms with Crippen molar-refractivity contribution in [2.45, 2.75) is 38.9 Å². The average molecular weight is 359 g/mol. The number of rotatable bonds is 7. The van der Waals surface area contributed by atoms with E-state index in [2.05, 4.69) is 4.72 Å². The number of hydrogen-bond donors (Lipinski definition) is 1. The third-order valence-corrected chi connectivity index (χ3v) is 6.56. The summed E-state index contributed by atoms with van der Waals surface area (Å²) in [4.78, 5) is 11.5. The van der Waals surface area contributed by atoms with Crippen molar-refractivity contribution in [1.82, 2.24) is 4.72 Å². The summed E-state index contributed by atoms with van der Waals surface area (Å²) in [5.41, 5.74) is 3.27. The van der Waals surface area contributed by atoms with Crippen LogP contribution in [0, 0.1) is 0 Å². The van der Waals surface area contributed by atoms with Crippen LogP contribution in [0.5, 0.6) is 0 Å². The highest BCUT2D eigenvalue weighted by Crippen LogP contribution is 2.31. The summed E-state index contributed by atoms with van der Waals surface area (Å²) in [5.74, 6) is 0.0210. The van der Waals surface area contributed by atoms with Crippen LogP contribution in [0.25, 0.3) is 11.1 Å². The molecule has 134 valence electrons. The van der Waals surface area contributed by atoms with Crippen LogP contribution in [0.4, 0.5) is 0 Å². The lowest BCUT2D eigenvalue weighted by Gasteiger charge is -2.26. The van der Waals surface area contributed by atoms with Crippen LogP contribution < -0.4 is 4.72 Å². The van der Waals surface area contributed by atoms with Gasteiger partial charge in [0.2, 0.25) is 10.0 Å². The fourth-order valence-corrected chi connectivity index (χ4v) is 3.83. The zero-order valence-corrected chi connectivity index (χ0v) is 16.0. The summed E-state index contributed by atoms with van der Waals surface area (Å²) in [6, 6.07) is 14.9. The molecule has 0 amide bonds. The molecule has 0 fully saturated rings. The number of sulfonamides is 1. The van der Waals surface area contributed by atoms with Crippen molar-refractivity contribution in [2.75, 3.05) is 6.54 Å². The molecule has 2 aromatic rings. The first-order chi connectivity index (χ1) is 11.7. The number of benzene rings is 2. The van der Waals surface area contributed by atoms with E-state index in [9.17, 15) is 13.2 Å². The van der Waals surface area contributed by atoms with E-state index in [1.807, 2.05) is 49.4 Å². The molecule has 25 heavy (non-hydrogen) atoms. The second-order valence-electron chi connectivity index (χ2n) is 6.62. The molecule has 1 N–H and O–H groups in total. The first-order valence-electron chi connectivity index (χ1n) is 8.40. The van der Waals surface area contributed by atoms with Gasteiger partial charge in [-0.25, -0.2) is 13.1 Å². The first kappa shape index (κ1) is 19.3. The Labute approximate surface area is 150 Å². The Kier molecular flexibility index (Phi) is 5.80. The van der Waals surface area contributed by atoms with Gasteiger partial charge in [0.15, 0.2) is 5.78 Å². The smallest absolute Gasteiger partial charge is 0.221 e.